The molecule has 7 rings (SSSR count). The predicted octanol–water partition coefficient (Wildman–Crippen LogP) is 7.03. The number of benzene rings is 4. The molecule has 31 heavy (non-hydrogen) atoms. The van der Waals surface area contributed by atoms with Crippen LogP contribution >= 0.6 is 0 Å². The lowest BCUT2D eigenvalue weighted by Gasteiger charge is -2.34. The van der Waals surface area contributed by atoms with Gasteiger partial charge in [-0.2, -0.15) is 0 Å². The third-order valence-corrected chi connectivity index (χ3v) is 8.02. The number of rotatable bonds is 2. The molecule has 0 nitrogen and oxygen atoms in total. The van der Waals surface area contributed by atoms with E-state index in [2.05, 4.69) is 84.9 Å². The fraction of sp³-hybridized carbons (Fsp3) is 0.226. The molecule has 3 aliphatic rings. The molecule has 0 radical (unpaired) electrons. The molecule has 0 saturated carbocycles. The molecule has 4 aromatic rings. The zero-order valence-corrected chi connectivity index (χ0v) is 17.8. The second kappa shape index (κ2) is 6.44. The van der Waals surface area contributed by atoms with Crippen LogP contribution in [0.2, 0.25) is 0 Å². The molecule has 0 saturated heterocycles. The zero-order chi connectivity index (χ0) is 20.4. The molecule has 0 aromatic heterocycles. The summed E-state index contributed by atoms with van der Waals surface area (Å²) in [7, 11) is 0. The summed E-state index contributed by atoms with van der Waals surface area (Å²) in [6, 6.07) is 33.0. The van der Waals surface area contributed by atoms with Crippen molar-refractivity contribution < 1.29 is 0 Å². The minimum atomic E-state index is -0.234. The van der Waals surface area contributed by atoms with Crippen molar-refractivity contribution in [1.82, 2.24) is 0 Å². The Morgan fingerprint density at radius 3 is 1.42 bits per heavy atom. The molecule has 0 fully saturated rings. The van der Waals surface area contributed by atoms with E-state index < -0.39 is 0 Å². The molecule has 0 unspecified atom stereocenters. The first-order chi connectivity index (χ1) is 15.4. The average Bonchev–Trinajstić information content (AvgIpc) is 3.54. The van der Waals surface area contributed by atoms with Gasteiger partial charge in [-0.3, -0.25) is 0 Å². The molecule has 0 heteroatoms. The fourth-order valence-electron chi connectivity index (χ4n) is 6.63. The van der Waals surface area contributed by atoms with Gasteiger partial charge in [0, 0.05) is 0 Å². The normalized spacial score (nSPS) is 17.2. The van der Waals surface area contributed by atoms with Crippen molar-refractivity contribution in [3.8, 4) is 11.1 Å². The van der Waals surface area contributed by atoms with E-state index in [1.165, 1.54) is 71.9 Å². The summed E-state index contributed by atoms with van der Waals surface area (Å²) >= 11 is 0. The Labute approximate surface area is 184 Å². The van der Waals surface area contributed by atoms with Gasteiger partial charge in [0.1, 0.15) is 0 Å². The molecular formula is C31H26. The van der Waals surface area contributed by atoms with Crippen LogP contribution in [0.4, 0.5) is 0 Å². The smallest absolute Gasteiger partial charge is 0.0619 e. The maximum Gasteiger partial charge on any atom is 0.0713 e. The maximum atomic E-state index is 2.54. The van der Waals surface area contributed by atoms with Gasteiger partial charge in [-0.25, -0.2) is 0 Å². The highest BCUT2D eigenvalue weighted by molar-refractivity contribution is 5.86. The summed E-state index contributed by atoms with van der Waals surface area (Å²) in [5.41, 5.74) is 14.5. The third-order valence-electron chi connectivity index (χ3n) is 8.02. The third kappa shape index (κ3) is 2.31. The number of aryl methyl sites for hydroxylation is 4. The van der Waals surface area contributed by atoms with Crippen molar-refractivity contribution in [2.75, 3.05) is 0 Å². The molecule has 4 aromatic carbocycles. The van der Waals surface area contributed by atoms with Gasteiger partial charge in [0.2, 0.25) is 0 Å². The zero-order valence-electron chi connectivity index (χ0n) is 17.8. The molecule has 0 atom stereocenters. The second-order valence-electron chi connectivity index (χ2n) is 9.52. The quantitative estimate of drug-likeness (QED) is 0.299. The molecule has 0 spiro atoms. The maximum absolute atomic E-state index is 2.54. The predicted molar refractivity (Wildman–Crippen MR) is 128 cm³/mol. The van der Waals surface area contributed by atoms with Crippen LogP contribution in [0.1, 0.15) is 57.3 Å². The van der Waals surface area contributed by atoms with E-state index >= 15 is 0 Å². The molecule has 0 N–H and O–H groups in total. The van der Waals surface area contributed by atoms with Gasteiger partial charge in [0.15, 0.2) is 0 Å². The van der Waals surface area contributed by atoms with Crippen molar-refractivity contribution in [1.29, 1.82) is 0 Å². The molecule has 0 heterocycles. The van der Waals surface area contributed by atoms with E-state index in [9.17, 15) is 0 Å². The number of hydrogen-bond donors (Lipinski definition) is 0. The summed E-state index contributed by atoms with van der Waals surface area (Å²) in [4.78, 5) is 0. The topological polar surface area (TPSA) is 0 Å². The summed E-state index contributed by atoms with van der Waals surface area (Å²) in [6.07, 6.45) is 7.47. The van der Waals surface area contributed by atoms with Gasteiger partial charge in [0.05, 0.1) is 5.41 Å². The van der Waals surface area contributed by atoms with Gasteiger partial charge in [-0.1, -0.05) is 84.9 Å². The summed E-state index contributed by atoms with van der Waals surface area (Å²) in [5.74, 6) is 0. The Morgan fingerprint density at radius 1 is 0.452 bits per heavy atom. The highest BCUT2D eigenvalue weighted by Gasteiger charge is 2.46. The molecule has 3 aliphatic carbocycles. The highest BCUT2D eigenvalue weighted by Crippen LogP contribution is 2.56. The van der Waals surface area contributed by atoms with Gasteiger partial charge < -0.3 is 0 Å². The van der Waals surface area contributed by atoms with E-state index in [-0.39, 0.29) is 5.41 Å². The SMILES string of the molecule is c1ccc2c(c1)-c1ccccc1C2(c1ccc2c(c1)CCC2)c1ccc2c(c1)CCC2. The minimum absolute atomic E-state index is 0.234. The summed E-state index contributed by atoms with van der Waals surface area (Å²) in [6.45, 7) is 0. The summed E-state index contributed by atoms with van der Waals surface area (Å²) in [5, 5.41) is 0. The van der Waals surface area contributed by atoms with Crippen molar-refractivity contribution in [2.24, 2.45) is 0 Å². The standard InChI is InChI=1S/C31H26/c1-3-13-29-27(11-1)28-12-2-4-14-30(28)31(29,25-17-15-21-7-5-9-23(21)19-25)26-18-16-22-8-6-10-24(22)20-26/h1-4,11-20H,5-10H2. The van der Waals surface area contributed by atoms with Crippen LogP contribution in [-0.4, -0.2) is 0 Å². The Kier molecular flexibility index (Phi) is 3.64. The Balaban J connectivity index is 1.61. The lowest BCUT2D eigenvalue weighted by atomic mass is 9.67. The van der Waals surface area contributed by atoms with Crippen LogP contribution < -0.4 is 0 Å². The Morgan fingerprint density at radius 2 is 0.903 bits per heavy atom. The first kappa shape index (κ1) is 17.5. The number of hydrogen-bond acceptors (Lipinski definition) is 0. The highest BCUT2D eigenvalue weighted by atomic mass is 14.5. The van der Waals surface area contributed by atoms with Crippen LogP contribution in [0.5, 0.6) is 0 Å². The van der Waals surface area contributed by atoms with Crippen LogP contribution in [0.3, 0.4) is 0 Å². The molecule has 150 valence electrons. The lowest BCUT2D eigenvalue weighted by Crippen LogP contribution is -2.29. The van der Waals surface area contributed by atoms with Crippen LogP contribution in [-0.2, 0) is 31.1 Å². The second-order valence-corrected chi connectivity index (χ2v) is 9.52. The summed E-state index contributed by atoms with van der Waals surface area (Å²) < 4.78 is 0. The van der Waals surface area contributed by atoms with Gasteiger partial charge in [0.25, 0.3) is 0 Å². The van der Waals surface area contributed by atoms with Crippen LogP contribution in [0, 0.1) is 0 Å². The molecule has 0 bridgehead atoms. The Bertz CT molecular complexity index is 1240. The van der Waals surface area contributed by atoms with E-state index in [1.807, 2.05) is 0 Å². The average molecular weight is 399 g/mol. The first-order valence-corrected chi connectivity index (χ1v) is 11.8. The van der Waals surface area contributed by atoms with Crippen molar-refractivity contribution in [2.45, 2.75) is 43.9 Å². The van der Waals surface area contributed by atoms with Crippen molar-refractivity contribution in [3.63, 3.8) is 0 Å². The van der Waals surface area contributed by atoms with Crippen molar-refractivity contribution >= 4 is 0 Å². The van der Waals surface area contributed by atoms with Gasteiger partial charge >= 0.3 is 0 Å². The van der Waals surface area contributed by atoms with E-state index in [0.717, 1.165) is 0 Å². The van der Waals surface area contributed by atoms with E-state index in [1.54, 1.807) is 22.3 Å². The molecule has 0 aliphatic heterocycles. The Hall–Kier alpha value is -3.12. The fourth-order valence-corrected chi connectivity index (χ4v) is 6.63. The van der Waals surface area contributed by atoms with E-state index in [0.29, 0.717) is 0 Å². The largest absolute Gasteiger partial charge is 0.0713 e. The van der Waals surface area contributed by atoms with Crippen molar-refractivity contribution in [3.05, 3.63) is 129 Å². The lowest BCUT2D eigenvalue weighted by molar-refractivity contribution is 0.764. The first-order valence-electron chi connectivity index (χ1n) is 11.8. The van der Waals surface area contributed by atoms with Crippen LogP contribution in [0.25, 0.3) is 11.1 Å². The number of fused-ring (bicyclic) bond motifs is 5. The van der Waals surface area contributed by atoms with Crippen LogP contribution in [0.15, 0.2) is 84.9 Å². The van der Waals surface area contributed by atoms with E-state index in [4.69, 9.17) is 0 Å². The molecular weight excluding hydrogens is 372 g/mol. The monoisotopic (exact) mass is 398 g/mol. The minimum Gasteiger partial charge on any atom is -0.0619 e. The van der Waals surface area contributed by atoms with Gasteiger partial charge in [-0.15, -0.1) is 0 Å². The van der Waals surface area contributed by atoms with Gasteiger partial charge in [-0.05, 0) is 94.2 Å². The molecule has 0 amide bonds.